The summed E-state index contributed by atoms with van der Waals surface area (Å²) in [6.07, 6.45) is 11.7. The standard InChI is InChI=1S/C32H22N2/c1(23-3-5-31-21-29(9-7-27(31)19-23)25-11-15-33-16-12-25)2-24-4-6-32-22-30(10-8-28(32)20-24)26-13-17-34-18-14-26/h1-22H. The maximum absolute atomic E-state index is 4.11. The van der Waals surface area contributed by atoms with E-state index in [9.17, 15) is 0 Å². The van der Waals surface area contributed by atoms with Crippen molar-refractivity contribution >= 4 is 33.7 Å². The molecule has 0 saturated heterocycles. The first kappa shape index (κ1) is 20.1. The summed E-state index contributed by atoms with van der Waals surface area (Å²) in [6, 6.07) is 34.6. The summed E-state index contributed by atoms with van der Waals surface area (Å²) >= 11 is 0. The van der Waals surface area contributed by atoms with Gasteiger partial charge in [-0.1, -0.05) is 60.7 Å². The molecule has 0 radical (unpaired) electrons. The largest absolute Gasteiger partial charge is 0.265 e. The Kier molecular flexibility index (Phi) is 5.17. The number of nitrogens with zero attached hydrogens (tertiary/aromatic N) is 2. The Morgan fingerprint density at radius 3 is 1.18 bits per heavy atom. The van der Waals surface area contributed by atoms with Crippen molar-refractivity contribution in [2.45, 2.75) is 0 Å². The van der Waals surface area contributed by atoms with Crippen LogP contribution in [0.5, 0.6) is 0 Å². The maximum Gasteiger partial charge on any atom is 0.0273 e. The number of rotatable bonds is 4. The molecule has 0 aliphatic carbocycles. The van der Waals surface area contributed by atoms with Crippen LogP contribution in [0.3, 0.4) is 0 Å². The smallest absolute Gasteiger partial charge is 0.0273 e. The van der Waals surface area contributed by atoms with Crippen LogP contribution in [-0.2, 0) is 0 Å². The van der Waals surface area contributed by atoms with Gasteiger partial charge in [-0.25, -0.2) is 0 Å². The molecule has 0 fully saturated rings. The number of hydrogen-bond donors (Lipinski definition) is 0. The lowest BCUT2D eigenvalue weighted by atomic mass is 9.99. The third-order valence-corrected chi connectivity index (χ3v) is 6.22. The second kappa shape index (κ2) is 8.76. The van der Waals surface area contributed by atoms with Crippen molar-refractivity contribution in [1.29, 1.82) is 0 Å². The Balaban J connectivity index is 1.25. The molecule has 0 spiro atoms. The molecule has 0 unspecified atom stereocenters. The van der Waals surface area contributed by atoms with Gasteiger partial charge in [0.25, 0.3) is 0 Å². The van der Waals surface area contributed by atoms with E-state index in [0.29, 0.717) is 0 Å². The molecule has 0 N–H and O–H groups in total. The fraction of sp³-hybridized carbons (Fsp3) is 0. The molecule has 0 bridgehead atoms. The van der Waals surface area contributed by atoms with Crippen LogP contribution >= 0.6 is 0 Å². The fourth-order valence-corrected chi connectivity index (χ4v) is 4.38. The zero-order valence-electron chi connectivity index (χ0n) is 18.6. The number of aromatic nitrogens is 2. The van der Waals surface area contributed by atoms with Gasteiger partial charge in [0, 0.05) is 24.8 Å². The van der Waals surface area contributed by atoms with E-state index in [1.54, 1.807) is 0 Å². The third kappa shape index (κ3) is 4.10. The highest BCUT2D eigenvalue weighted by Crippen LogP contribution is 2.27. The van der Waals surface area contributed by atoms with Gasteiger partial charge in [0.15, 0.2) is 0 Å². The molecule has 0 saturated carbocycles. The van der Waals surface area contributed by atoms with Gasteiger partial charge in [-0.15, -0.1) is 0 Å². The van der Waals surface area contributed by atoms with E-state index in [1.165, 1.54) is 54.9 Å². The second-order valence-electron chi connectivity index (χ2n) is 8.45. The van der Waals surface area contributed by atoms with Crippen LogP contribution < -0.4 is 0 Å². The lowest BCUT2D eigenvalue weighted by Gasteiger charge is -2.06. The van der Waals surface area contributed by atoms with Crippen LogP contribution in [0, 0.1) is 0 Å². The first-order valence-corrected chi connectivity index (χ1v) is 11.4. The van der Waals surface area contributed by atoms with Crippen molar-refractivity contribution in [3.63, 3.8) is 0 Å². The third-order valence-electron chi connectivity index (χ3n) is 6.22. The monoisotopic (exact) mass is 434 g/mol. The molecule has 4 aromatic carbocycles. The number of hydrogen-bond acceptors (Lipinski definition) is 2. The van der Waals surface area contributed by atoms with Gasteiger partial charge in [-0.3, -0.25) is 9.97 Å². The second-order valence-corrected chi connectivity index (χ2v) is 8.45. The van der Waals surface area contributed by atoms with Crippen molar-refractivity contribution in [1.82, 2.24) is 9.97 Å². The molecule has 2 aromatic heterocycles. The van der Waals surface area contributed by atoms with E-state index in [0.717, 1.165) is 0 Å². The highest BCUT2D eigenvalue weighted by molar-refractivity contribution is 5.91. The van der Waals surface area contributed by atoms with Gasteiger partial charge >= 0.3 is 0 Å². The summed E-state index contributed by atoms with van der Waals surface area (Å²) in [4.78, 5) is 8.23. The Morgan fingerprint density at radius 2 is 0.735 bits per heavy atom. The first-order valence-electron chi connectivity index (χ1n) is 11.4. The Hall–Kier alpha value is -4.56. The normalized spacial score (nSPS) is 11.4. The summed E-state index contributed by atoms with van der Waals surface area (Å²) in [5.74, 6) is 0. The first-order chi connectivity index (χ1) is 16.8. The maximum atomic E-state index is 4.11. The van der Waals surface area contributed by atoms with Crippen LogP contribution in [0.4, 0.5) is 0 Å². The Morgan fingerprint density at radius 1 is 0.353 bits per heavy atom. The van der Waals surface area contributed by atoms with E-state index in [-0.39, 0.29) is 0 Å². The molecule has 160 valence electrons. The van der Waals surface area contributed by atoms with Gasteiger partial charge in [-0.05, 0) is 103 Å². The van der Waals surface area contributed by atoms with Crippen LogP contribution in [-0.4, -0.2) is 9.97 Å². The molecular weight excluding hydrogens is 412 g/mol. The lowest BCUT2D eigenvalue weighted by Crippen LogP contribution is -1.82. The van der Waals surface area contributed by atoms with E-state index in [1.807, 2.05) is 49.1 Å². The minimum Gasteiger partial charge on any atom is -0.265 e. The summed E-state index contributed by atoms with van der Waals surface area (Å²) in [6.45, 7) is 0. The molecule has 6 rings (SSSR count). The zero-order valence-corrected chi connectivity index (χ0v) is 18.6. The lowest BCUT2D eigenvalue weighted by molar-refractivity contribution is 1.33. The average molecular weight is 435 g/mol. The van der Waals surface area contributed by atoms with E-state index < -0.39 is 0 Å². The van der Waals surface area contributed by atoms with E-state index in [4.69, 9.17) is 0 Å². The number of benzene rings is 4. The van der Waals surface area contributed by atoms with Crippen LogP contribution in [0.25, 0.3) is 56.0 Å². The van der Waals surface area contributed by atoms with Crippen molar-refractivity contribution in [2.24, 2.45) is 0 Å². The van der Waals surface area contributed by atoms with Crippen LogP contribution in [0.15, 0.2) is 122 Å². The molecule has 2 heteroatoms. The predicted molar refractivity (Wildman–Crippen MR) is 143 cm³/mol. The van der Waals surface area contributed by atoms with Crippen molar-refractivity contribution < 1.29 is 0 Å². The van der Waals surface area contributed by atoms with Gasteiger partial charge in [0.05, 0.1) is 0 Å². The summed E-state index contributed by atoms with van der Waals surface area (Å²) in [5.41, 5.74) is 7.17. The molecule has 0 aliphatic rings. The minimum absolute atomic E-state index is 1.19. The molecule has 0 amide bonds. The van der Waals surface area contributed by atoms with Gasteiger partial charge in [0.2, 0.25) is 0 Å². The fourth-order valence-electron chi connectivity index (χ4n) is 4.38. The van der Waals surface area contributed by atoms with Crippen molar-refractivity contribution in [3.8, 4) is 22.3 Å². The Bertz CT molecular complexity index is 1510. The minimum atomic E-state index is 1.19. The predicted octanol–water partition coefficient (Wildman–Crippen LogP) is 8.29. The van der Waals surface area contributed by atoms with Gasteiger partial charge in [-0.2, -0.15) is 0 Å². The molecule has 0 atom stereocenters. The molecule has 2 nitrogen and oxygen atoms in total. The molecule has 34 heavy (non-hydrogen) atoms. The Labute approximate surface area is 198 Å². The molecule has 2 heterocycles. The van der Waals surface area contributed by atoms with E-state index in [2.05, 4.69) is 94.9 Å². The van der Waals surface area contributed by atoms with Crippen molar-refractivity contribution in [2.75, 3.05) is 0 Å². The van der Waals surface area contributed by atoms with Gasteiger partial charge < -0.3 is 0 Å². The van der Waals surface area contributed by atoms with Crippen LogP contribution in [0.1, 0.15) is 11.1 Å². The SMILES string of the molecule is C(=Cc1ccc2cc(-c3ccncc3)ccc2c1)c1ccc2cc(-c3ccncc3)ccc2c1. The van der Waals surface area contributed by atoms with Crippen LogP contribution in [0.2, 0.25) is 0 Å². The highest BCUT2D eigenvalue weighted by atomic mass is 14.6. The summed E-state index contributed by atoms with van der Waals surface area (Å²) < 4.78 is 0. The topological polar surface area (TPSA) is 25.8 Å². The molecule has 6 aromatic rings. The van der Waals surface area contributed by atoms with Crippen molar-refractivity contribution in [3.05, 3.63) is 133 Å². The van der Waals surface area contributed by atoms with Gasteiger partial charge in [0.1, 0.15) is 0 Å². The number of pyridine rings is 2. The van der Waals surface area contributed by atoms with E-state index >= 15 is 0 Å². The average Bonchev–Trinajstić information content (AvgIpc) is 2.92. The zero-order chi connectivity index (χ0) is 22.7. The summed E-state index contributed by atoms with van der Waals surface area (Å²) in [5, 5.41) is 4.95. The molecule has 0 aliphatic heterocycles. The quantitative estimate of drug-likeness (QED) is 0.261. The number of fused-ring (bicyclic) bond motifs is 2. The summed E-state index contributed by atoms with van der Waals surface area (Å²) in [7, 11) is 0. The molecular formula is C32H22N2. The highest BCUT2D eigenvalue weighted by Gasteiger charge is 2.02.